The van der Waals surface area contributed by atoms with Crippen molar-refractivity contribution in [3.8, 4) is 0 Å². The topological polar surface area (TPSA) is 95.9 Å². The van der Waals surface area contributed by atoms with E-state index in [0.29, 0.717) is 25.7 Å². The van der Waals surface area contributed by atoms with Crippen molar-refractivity contribution in [3.63, 3.8) is 0 Å². The Hall–Kier alpha value is -3.48. The number of carbonyl (C=O) groups is 2. The van der Waals surface area contributed by atoms with Crippen molar-refractivity contribution in [3.05, 3.63) is 109 Å². The molecule has 3 atom stereocenters. The predicted molar refractivity (Wildman–Crippen MR) is 300 cm³/mol. The third-order valence-electron chi connectivity index (χ3n) is 12.4. The molecule has 0 aliphatic heterocycles. The monoisotopic (exact) mass is 958 g/mol. The molecule has 1 amide bonds. The molecular formula is C63H107NO5. The van der Waals surface area contributed by atoms with Crippen LogP contribution < -0.4 is 5.32 Å². The fraction of sp³-hybridized carbons (Fsp3) is 0.683. The van der Waals surface area contributed by atoms with Crippen LogP contribution in [0.25, 0.3) is 0 Å². The van der Waals surface area contributed by atoms with Crippen LogP contribution in [0.15, 0.2) is 109 Å². The van der Waals surface area contributed by atoms with Crippen molar-refractivity contribution in [1.29, 1.82) is 0 Å². The molecule has 3 unspecified atom stereocenters. The molecule has 3 N–H and O–H groups in total. The van der Waals surface area contributed by atoms with Crippen molar-refractivity contribution in [2.45, 2.75) is 270 Å². The second-order valence-electron chi connectivity index (χ2n) is 19.1. The van der Waals surface area contributed by atoms with E-state index in [0.717, 1.165) is 83.5 Å². The number of rotatable bonds is 50. The number of unbranched alkanes of at least 4 members (excludes halogenated alkanes) is 24. The first-order chi connectivity index (χ1) is 34.0. The van der Waals surface area contributed by atoms with Crippen LogP contribution in [0.1, 0.15) is 252 Å². The van der Waals surface area contributed by atoms with Gasteiger partial charge in [0.15, 0.2) is 0 Å². The van der Waals surface area contributed by atoms with Crippen molar-refractivity contribution in [2.75, 3.05) is 6.61 Å². The van der Waals surface area contributed by atoms with Gasteiger partial charge in [0, 0.05) is 6.42 Å². The smallest absolute Gasteiger partial charge is 0.306 e. The van der Waals surface area contributed by atoms with Crippen molar-refractivity contribution in [1.82, 2.24) is 5.32 Å². The van der Waals surface area contributed by atoms with E-state index in [-0.39, 0.29) is 24.9 Å². The van der Waals surface area contributed by atoms with Gasteiger partial charge >= 0.3 is 5.97 Å². The summed E-state index contributed by atoms with van der Waals surface area (Å²) >= 11 is 0. The van der Waals surface area contributed by atoms with E-state index in [9.17, 15) is 19.8 Å². The normalized spacial score (nSPS) is 14.0. The number of carbonyl (C=O) groups excluding carboxylic acids is 2. The van der Waals surface area contributed by atoms with E-state index in [2.05, 4.69) is 99.0 Å². The average molecular weight is 959 g/mol. The number of aliphatic hydroxyl groups excluding tert-OH is 2. The van der Waals surface area contributed by atoms with Crippen LogP contribution in [-0.4, -0.2) is 46.9 Å². The molecule has 0 aliphatic carbocycles. The molecular weight excluding hydrogens is 851 g/mol. The van der Waals surface area contributed by atoms with Gasteiger partial charge in [-0.15, -0.1) is 0 Å². The lowest BCUT2D eigenvalue weighted by atomic mass is 10.0. The Balaban J connectivity index is 4.73. The summed E-state index contributed by atoms with van der Waals surface area (Å²) in [6.07, 6.45) is 75.8. The summed E-state index contributed by atoms with van der Waals surface area (Å²) in [5.41, 5.74) is 0. The molecule has 0 saturated heterocycles. The molecule has 6 heteroatoms. The minimum absolute atomic E-state index is 0.0215. The Morgan fingerprint density at radius 2 is 0.826 bits per heavy atom. The van der Waals surface area contributed by atoms with E-state index in [4.69, 9.17) is 4.74 Å². The minimum Gasteiger partial charge on any atom is -0.462 e. The van der Waals surface area contributed by atoms with E-state index in [1.165, 1.54) is 116 Å². The van der Waals surface area contributed by atoms with Crippen molar-refractivity contribution in [2.24, 2.45) is 0 Å². The molecule has 69 heavy (non-hydrogen) atoms. The molecule has 0 aliphatic rings. The maximum atomic E-state index is 13.3. The molecule has 6 nitrogen and oxygen atoms in total. The molecule has 0 heterocycles. The number of allylic oxidation sites excluding steroid dienone is 18. The second-order valence-corrected chi connectivity index (χ2v) is 19.1. The Morgan fingerprint density at radius 1 is 0.435 bits per heavy atom. The van der Waals surface area contributed by atoms with Crippen LogP contribution in [-0.2, 0) is 14.3 Å². The highest BCUT2D eigenvalue weighted by molar-refractivity contribution is 5.77. The van der Waals surface area contributed by atoms with Crippen LogP contribution in [0, 0.1) is 0 Å². The zero-order valence-electron chi connectivity index (χ0n) is 44.9. The molecule has 0 aromatic heterocycles. The zero-order valence-corrected chi connectivity index (χ0v) is 44.9. The fourth-order valence-corrected chi connectivity index (χ4v) is 8.10. The summed E-state index contributed by atoms with van der Waals surface area (Å²) in [5.74, 6) is -0.588. The van der Waals surface area contributed by atoms with Gasteiger partial charge in [0.1, 0.15) is 6.10 Å². The Kier molecular flexibility index (Phi) is 52.7. The van der Waals surface area contributed by atoms with Gasteiger partial charge in [0.25, 0.3) is 0 Å². The molecule has 0 spiro atoms. The molecule has 0 aromatic rings. The van der Waals surface area contributed by atoms with Crippen molar-refractivity contribution >= 4 is 11.9 Å². The van der Waals surface area contributed by atoms with Gasteiger partial charge in [0.2, 0.25) is 5.91 Å². The summed E-state index contributed by atoms with van der Waals surface area (Å²) < 4.78 is 5.91. The van der Waals surface area contributed by atoms with E-state index in [1.54, 1.807) is 0 Å². The first-order valence-electron chi connectivity index (χ1n) is 28.7. The summed E-state index contributed by atoms with van der Waals surface area (Å²) in [6.45, 7) is 6.35. The highest BCUT2D eigenvalue weighted by Crippen LogP contribution is 2.17. The van der Waals surface area contributed by atoms with Gasteiger partial charge < -0.3 is 20.3 Å². The summed E-state index contributed by atoms with van der Waals surface area (Å²) in [6, 6.07) is -0.735. The second kappa shape index (κ2) is 55.4. The highest BCUT2D eigenvalue weighted by atomic mass is 16.5. The minimum atomic E-state index is -0.817. The number of aliphatic hydroxyl groups is 2. The maximum Gasteiger partial charge on any atom is 0.306 e. The molecule has 394 valence electrons. The van der Waals surface area contributed by atoms with Gasteiger partial charge in [-0.1, -0.05) is 265 Å². The highest BCUT2D eigenvalue weighted by Gasteiger charge is 2.24. The average Bonchev–Trinajstić information content (AvgIpc) is 3.34. The number of hydrogen-bond donors (Lipinski definition) is 3. The summed E-state index contributed by atoms with van der Waals surface area (Å²) in [4.78, 5) is 26.2. The molecule has 0 bridgehead atoms. The van der Waals surface area contributed by atoms with Gasteiger partial charge in [-0.25, -0.2) is 0 Å². The van der Waals surface area contributed by atoms with E-state index < -0.39 is 18.2 Å². The van der Waals surface area contributed by atoms with E-state index >= 15 is 0 Å². The van der Waals surface area contributed by atoms with Gasteiger partial charge in [0.05, 0.1) is 25.2 Å². The third-order valence-corrected chi connectivity index (χ3v) is 12.4. The molecule has 0 rings (SSSR count). The van der Waals surface area contributed by atoms with Crippen LogP contribution in [0.5, 0.6) is 0 Å². The first-order valence-corrected chi connectivity index (χ1v) is 28.7. The van der Waals surface area contributed by atoms with Gasteiger partial charge in [-0.2, -0.15) is 0 Å². The fourth-order valence-electron chi connectivity index (χ4n) is 8.10. The quantitative estimate of drug-likeness (QED) is 0.0244. The van der Waals surface area contributed by atoms with Crippen LogP contribution in [0.4, 0.5) is 0 Å². The SMILES string of the molecule is CCC/C=C/C=C/C=C/C=C/C=C/CCCCCC(CC(=O)NC(CO)C(O)CCCCCCCCCCCCCCCCCCC)OC(=O)CCC/C=C\C/C=C\C/C=C\C/C=C\CCCCC. The largest absolute Gasteiger partial charge is 0.462 e. The van der Waals surface area contributed by atoms with Crippen LogP contribution >= 0.6 is 0 Å². The zero-order chi connectivity index (χ0) is 50.2. The summed E-state index contributed by atoms with van der Waals surface area (Å²) in [7, 11) is 0. The van der Waals surface area contributed by atoms with Crippen molar-refractivity contribution < 1.29 is 24.5 Å². The third kappa shape index (κ3) is 50.7. The van der Waals surface area contributed by atoms with Gasteiger partial charge in [-0.05, 0) is 83.5 Å². The number of esters is 1. The lowest BCUT2D eigenvalue weighted by Gasteiger charge is -2.24. The number of hydrogen-bond acceptors (Lipinski definition) is 5. The Bertz CT molecular complexity index is 1400. The molecule has 0 fully saturated rings. The van der Waals surface area contributed by atoms with Crippen LogP contribution in [0.2, 0.25) is 0 Å². The van der Waals surface area contributed by atoms with Crippen LogP contribution in [0.3, 0.4) is 0 Å². The number of nitrogens with one attached hydrogen (secondary N) is 1. The lowest BCUT2D eigenvalue weighted by Crippen LogP contribution is -2.46. The maximum absolute atomic E-state index is 13.3. The number of ether oxygens (including phenoxy) is 1. The summed E-state index contributed by atoms with van der Waals surface area (Å²) in [5, 5.41) is 23.9. The Morgan fingerprint density at radius 3 is 1.33 bits per heavy atom. The predicted octanol–water partition coefficient (Wildman–Crippen LogP) is 17.8. The standard InChI is InChI=1S/C63H107NO5/c1-4-7-10-13-16-19-22-25-28-31-34-37-40-43-46-49-52-55-61(66)60(58-65)64-62(67)57-59(54-51-48-45-42-39-36-33-30-27-24-21-18-15-12-9-6-3)69-63(68)56-53-50-47-44-41-38-35-32-29-26-23-20-17-14-11-8-5-2/h12,15,17-18,20-21,24,26-27,29-30,33,35-36,38-39,44,47,59-61,65-66H,4-11,13-14,16,19,22-23,25,28,31-32,34,37,40-43,45-46,48-58H2,1-3H3,(H,64,67)/b15-12+,20-17-,21-18+,27-24+,29-26-,33-30+,38-35-,39-36+,47-44-. The Labute approximate surface area is 426 Å². The molecule has 0 aromatic carbocycles. The lowest BCUT2D eigenvalue weighted by molar-refractivity contribution is -0.151. The number of amides is 1. The first kappa shape index (κ1) is 65.5. The molecule has 0 radical (unpaired) electrons. The van der Waals surface area contributed by atoms with Gasteiger partial charge in [-0.3, -0.25) is 9.59 Å². The van der Waals surface area contributed by atoms with E-state index in [1.807, 2.05) is 36.5 Å². The molecule has 0 saturated carbocycles.